The Labute approximate surface area is 89.0 Å². The van der Waals surface area contributed by atoms with Crippen molar-refractivity contribution in [3.63, 3.8) is 0 Å². The molecular formula is C11H15NO3. The summed E-state index contributed by atoms with van der Waals surface area (Å²) >= 11 is 0. The molecule has 0 unspecified atom stereocenters. The van der Waals surface area contributed by atoms with Crippen LogP contribution >= 0.6 is 0 Å². The first-order valence-electron chi connectivity index (χ1n) is 4.77. The van der Waals surface area contributed by atoms with Crippen LogP contribution in [0.3, 0.4) is 0 Å². The molecule has 4 heteroatoms. The zero-order valence-electron chi connectivity index (χ0n) is 8.72. The molecule has 0 heterocycles. The number of hydrogen-bond acceptors (Lipinski definition) is 4. The molecule has 0 atom stereocenters. The van der Waals surface area contributed by atoms with Crippen LogP contribution in [0.2, 0.25) is 0 Å². The van der Waals surface area contributed by atoms with Crippen LogP contribution in [0, 0.1) is 0 Å². The number of carbonyl (C=O) groups excluding carboxylic acids is 1. The second-order valence-electron chi connectivity index (χ2n) is 3.20. The number of rotatable bonds is 5. The van der Waals surface area contributed by atoms with Crippen molar-refractivity contribution in [3.8, 4) is 0 Å². The number of ether oxygens (including phenoxy) is 1. The Morgan fingerprint density at radius 3 is 2.67 bits per heavy atom. The Balaban J connectivity index is 2.30. The summed E-state index contributed by atoms with van der Waals surface area (Å²) in [7, 11) is 1.33. The van der Waals surface area contributed by atoms with E-state index >= 15 is 0 Å². The largest absolute Gasteiger partial charge is 0.469 e. The normalized spacial score (nSPS) is 10.3. The number of esters is 1. The molecule has 4 nitrogen and oxygen atoms in total. The number of hydrogen-bond donors (Lipinski definition) is 1. The summed E-state index contributed by atoms with van der Waals surface area (Å²) in [4.78, 5) is 10.8. The maximum absolute atomic E-state index is 10.8. The number of nitrogens with zero attached hydrogens (tertiary/aromatic N) is 1. The summed E-state index contributed by atoms with van der Waals surface area (Å²) < 4.78 is 4.47. The van der Waals surface area contributed by atoms with E-state index in [4.69, 9.17) is 0 Å². The van der Waals surface area contributed by atoms with Gasteiger partial charge in [0.25, 0.3) is 0 Å². The van der Waals surface area contributed by atoms with E-state index in [1.807, 2.05) is 30.3 Å². The molecule has 0 aromatic heterocycles. The molecule has 0 saturated heterocycles. The van der Waals surface area contributed by atoms with Crippen molar-refractivity contribution in [3.05, 3.63) is 35.9 Å². The van der Waals surface area contributed by atoms with E-state index in [0.29, 0.717) is 6.54 Å². The average molecular weight is 209 g/mol. The van der Waals surface area contributed by atoms with Gasteiger partial charge in [-0.3, -0.25) is 4.79 Å². The highest BCUT2D eigenvalue weighted by molar-refractivity contribution is 5.69. The molecule has 15 heavy (non-hydrogen) atoms. The van der Waals surface area contributed by atoms with Crippen LogP contribution in [0.5, 0.6) is 0 Å². The van der Waals surface area contributed by atoms with Gasteiger partial charge in [-0.2, -0.15) is 5.06 Å². The van der Waals surface area contributed by atoms with Crippen LogP contribution in [-0.2, 0) is 16.1 Å². The van der Waals surface area contributed by atoms with E-state index < -0.39 is 0 Å². The summed E-state index contributed by atoms with van der Waals surface area (Å²) in [5.74, 6) is -0.317. The Morgan fingerprint density at radius 1 is 1.40 bits per heavy atom. The Morgan fingerprint density at radius 2 is 2.07 bits per heavy atom. The molecule has 0 aliphatic carbocycles. The maximum atomic E-state index is 10.8. The molecule has 0 bridgehead atoms. The molecule has 0 saturated carbocycles. The summed E-state index contributed by atoms with van der Waals surface area (Å²) in [5, 5.41) is 10.6. The van der Waals surface area contributed by atoms with E-state index in [0.717, 1.165) is 10.6 Å². The van der Waals surface area contributed by atoms with Crippen molar-refractivity contribution in [2.75, 3.05) is 13.7 Å². The smallest absolute Gasteiger partial charge is 0.306 e. The second-order valence-corrected chi connectivity index (χ2v) is 3.20. The molecule has 1 rings (SSSR count). The SMILES string of the molecule is COC(=O)CCN(O)Cc1ccccc1. The lowest BCUT2D eigenvalue weighted by atomic mass is 10.2. The fourth-order valence-corrected chi connectivity index (χ4v) is 1.20. The van der Waals surface area contributed by atoms with E-state index in [-0.39, 0.29) is 18.9 Å². The lowest BCUT2D eigenvalue weighted by molar-refractivity contribution is -0.146. The van der Waals surface area contributed by atoms with E-state index in [1.54, 1.807) is 0 Å². The van der Waals surface area contributed by atoms with Crippen molar-refractivity contribution >= 4 is 5.97 Å². The molecule has 0 aliphatic heterocycles. The lowest BCUT2D eigenvalue weighted by Gasteiger charge is -2.13. The van der Waals surface area contributed by atoms with E-state index in [9.17, 15) is 10.0 Å². The standard InChI is InChI=1S/C11H15NO3/c1-15-11(13)7-8-12(14)9-10-5-3-2-4-6-10/h2-6,14H,7-9H2,1H3. The van der Waals surface area contributed by atoms with Crippen LogP contribution in [-0.4, -0.2) is 29.9 Å². The Bertz CT molecular complexity index is 300. The third-order valence-corrected chi connectivity index (χ3v) is 2.01. The van der Waals surface area contributed by atoms with Crippen molar-refractivity contribution in [2.45, 2.75) is 13.0 Å². The Kier molecular flexibility index (Phi) is 4.80. The minimum absolute atomic E-state index is 0.194. The molecule has 0 fully saturated rings. The fourth-order valence-electron chi connectivity index (χ4n) is 1.20. The monoisotopic (exact) mass is 209 g/mol. The van der Waals surface area contributed by atoms with Gasteiger partial charge in [0, 0.05) is 13.1 Å². The number of carbonyl (C=O) groups is 1. The van der Waals surface area contributed by atoms with Crippen molar-refractivity contribution in [2.24, 2.45) is 0 Å². The molecule has 0 aliphatic rings. The van der Waals surface area contributed by atoms with Crippen molar-refractivity contribution < 1.29 is 14.7 Å². The highest BCUT2D eigenvalue weighted by Crippen LogP contribution is 2.02. The van der Waals surface area contributed by atoms with Gasteiger partial charge in [-0.05, 0) is 5.56 Å². The molecule has 0 spiro atoms. The summed E-state index contributed by atoms with van der Waals surface area (Å²) in [5.41, 5.74) is 1.00. The van der Waals surface area contributed by atoms with Gasteiger partial charge in [-0.25, -0.2) is 0 Å². The minimum Gasteiger partial charge on any atom is -0.469 e. The van der Waals surface area contributed by atoms with Gasteiger partial charge in [-0.1, -0.05) is 30.3 Å². The fraction of sp³-hybridized carbons (Fsp3) is 0.364. The molecule has 1 aromatic rings. The van der Waals surface area contributed by atoms with Crippen molar-refractivity contribution in [1.29, 1.82) is 0 Å². The maximum Gasteiger partial charge on any atom is 0.306 e. The minimum atomic E-state index is -0.317. The van der Waals surface area contributed by atoms with Gasteiger partial charge in [-0.15, -0.1) is 0 Å². The lowest BCUT2D eigenvalue weighted by Crippen LogP contribution is -2.22. The van der Waals surface area contributed by atoms with Gasteiger partial charge in [0.15, 0.2) is 0 Å². The first kappa shape index (κ1) is 11.7. The zero-order valence-corrected chi connectivity index (χ0v) is 8.72. The molecular weight excluding hydrogens is 194 g/mol. The topological polar surface area (TPSA) is 49.8 Å². The number of hydroxylamine groups is 2. The third kappa shape index (κ3) is 4.58. The second kappa shape index (κ2) is 6.16. The quantitative estimate of drug-likeness (QED) is 0.589. The van der Waals surface area contributed by atoms with Crippen LogP contribution in [0.15, 0.2) is 30.3 Å². The van der Waals surface area contributed by atoms with Gasteiger partial charge < -0.3 is 9.94 Å². The first-order chi connectivity index (χ1) is 7.22. The molecule has 1 aromatic carbocycles. The van der Waals surface area contributed by atoms with Crippen LogP contribution < -0.4 is 0 Å². The van der Waals surface area contributed by atoms with Crippen molar-refractivity contribution in [1.82, 2.24) is 5.06 Å². The Hall–Kier alpha value is -1.39. The summed E-state index contributed by atoms with van der Waals surface area (Å²) in [6.45, 7) is 0.694. The number of benzene rings is 1. The van der Waals surface area contributed by atoms with Gasteiger partial charge in [0.2, 0.25) is 0 Å². The van der Waals surface area contributed by atoms with E-state index in [2.05, 4.69) is 4.74 Å². The van der Waals surface area contributed by atoms with Crippen LogP contribution in [0.25, 0.3) is 0 Å². The number of methoxy groups -OCH3 is 1. The molecule has 0 radical (unpaired) electrons. The molecule has 0 amide bonds. The first-order valence-corrected chi connectivity index (χ1v) is 4.77. The molecule has 82 valence electrons. The summed E-state index contributed by atoms with van der Waals surface area (Å²) in [6.07, 6.45) is 0.194. The predicted octanol–water partition coefficient (Wildman–Crippen LogP) is 1.44. The third-order valence-electron chi connectivity index (χ3n) is 2.01. The van der Waals surface area contributed by atoms with Gasteiger partial charge in [0.1, 0.15) is 0 Å². The highest BCUT2D eigenvalue weighted by Gasteiger charge is 2.05. The van der Waals surface area contributed by atoms with E-state index in [1.165, 1.54) is 7.11 Å². The highest BCUT2D eigenvalue weighted by atomic mass is 16.5. The van der Waals surface area contributed by atoms with Gasteiger partial charge in [0.05, 0.1) is 13.5 Å². The average Bonchev–Trinajstić information content (AvgIpc) is 2.27. The molecule has 1 N–H and O–H groups in total. The zero-order chi connectivity index (χ0) is 11.1. The van der Waals surface area contributed by atoms with Crippen LogP contribution in [0.4, 0.5) is 0 Å². The predicted molar refractivity (Wildman–Crippen MR) is 55.3 cm³/mol. The van der Waals surface area contributed by atoms with Crippen LogP contribution in [0.1, 0.15) is 12.0 Å². The van der Waals surface area contributed by atoms with Gasteiger partial charge >= 0.3 is 5.97 Å². The summed E-state index contributed by atoms with van der Waals surface area (Å²) in [6, 6.07) is 9.56.